The van der Waals surface area contributed by atoms with E-state index in [1.807, 2.05) is 12.3 Å². The minimum atomic E-state index is 0.583. The number of nitrogens with one attached hydrogen (secondary N) is 1. The first-order valence-electron chi connectivity index (χ1n) is 8.23. The molecule has 1 aliphatic carbocycles. The fraction of sp³-hybridized carbons (Fsp3) is 0.706. The molecule has 1 saturated carbocycles. The van der Waals surface area contributed by atoms with Gasteiger partial charge in [-0.2, -0.15) is 0 Å². The fourth-order valence-corrected chi connectivity index (χ4v) is 3.43. The minimum Gasteiger partial charge on any atom is -0.384 e. The first-order chi connectivity index (χ1) is 9.79. The molecule has 0 aromatic carbocycles. The van der Waals surface area contributed by atoms with Crippen LogP contribution in [-0.4, -0.2) is 17.6 Å². The maximum Gasteiger partial charge on any atom is 0.123 e. The van der Waals surface area contributed by atoms with E-state index in [0.717, 1.165) is 18.9 Å². The molecule has 1 aliphatic rings. The number of nitrogens with two attached hydrogens (primary N) is 1. The van der Waals surface area contributed by atoms with Crippen LogP contribution >= 0.6 is 0 Å². The number of aromatic nitrogens is 1. The summed E-state index contributed by atoms with van der Waals surface area (Å²) in [5.41, 5.74) is 7.11. The number of hydrogen-bond donors (Lipinski definition) is 2. The van der Waals surface area contributed by atoms with Crippen molar-refractivity contribution < 1.29 is 0 Å². The third kappa shape index (κ3) is 4.78. The Morgan fingerprint density at radius 2 is 1.95 bits per heavy atom. The highest BCUT2D eigenvalue weighted by molar-refractivity contribution is 5.32. The number of pyridine rings is 1. The average Bonchev–Trinajstić information content (AvgIpc) is 2.38. The van der Waals surface area contributed by atoms with E-state index in [1.54, 1.807) is 0 Å². The molecule has 0 aliphatic heterocycles. The van der Waals surface area contributed by atoms with Gasteiger partial charge in [0.1, 0.15) is 5.82 Å². The minimum absolute atomic E-state index is 0.583. The zero-order valence-corrected chi connectivity index (χ0v) is 12.8. The second-order valence-corrected chi connectivity index (χ2v) is 6.06. The second-order valence-electron chi connectivity index (χ2n) is 6.06. The SMILES string of the molecule is CCNC(Cc1ccnc(N)c1)C1CCCCCCC1. The Balaban J connectivity index is 2.00. The zero-order chi connectivity index (χ0) is 14.2. The van der Waals surface area contributed by atoms with Crippen LogP contribution in [0.4, 0.5) is 5.82 Å². The van der Waals surface area contributed by atoms with E-state index < -0.39 is 0 Å². The Morgan fingerprint density at radius 3 is 2.60 bits per heavy atom. The normalized spacial score (nSPS) is 19.2. The van der Waals surface area contributed by atoms with E-state index in [1.165, 1.54) is 50.5 Å². The van der Waals surface area contributed by atoms with Gasteiger partial charge in [0.15, 0.2) is 0 Å². The van der Waals surface area contributed by atoms with Crippen molar-refractivity contribution in [3.05, 3.63) is 23.9 Å². The van der Waals surface area contributed by atoms with Crippen molar-refractivity contribution >= 4 is 5.82 Å². The monoisotopic (exact) mass is 275 g/mol. The molecule has 1 unspecified atom stereocenters. The highest BCUT2D eigenvalue weighted by atomic mass is 14.9. The molecule has 112 valence electrons. The maximum atomic E-state index is 5.80. The molecule has 3 heteroatoms. The summed E-state index contributed by atoms with van der Waals surface area (Å²) in [6.07, 6.45) is 12.7. The predicted molar refractivity (Wildman–Crippen MR) is 85.6 cm³/mol. The van der Waals surface area contributed by atoms with Crippen LogP contribution in [0.3, 0.4) is 0 Å². The van der Waals surface area contributed by atoms with Crippen LogP contribution in [0.1, 0.15) is 57.4 Å². The summed E-state index contributed by atoms with van der Waals surface area (Å²) in [7, 11) is 0. The predicted octanol–water partition coefficient (Wildman–Crippen LogP) is 3.54. The van der Waals surface area contributed by atoms with Gasteiger partial charge < -0.3 is 11.1 Å². The lowest BCUT2D eigenvalue weighted by Crippen LogP contribution is -2.38. The molecule has 0 bridgehead atoms. The standard InChI is InChI=1S/C17H29N3/c1-2-19-16(12-14-10-11-20-17(18)13-14)15-8-6-4-3-5-7-9-15/h10-11,13,15-16,19H,2-9,12H2,1H3,(H2,18,20). The summed E-state index contributed by atoms with van der Waals surface area (Å²) in [4.78, 5) is 4.09. The second kappa shape index (κ2) is 8.25. The van der Waals surface area contributed by atoms with Crippen molar-refractivity contribution in [2.24, 2.45) is 5.92 Å². The van der Waals surface area contributed by atoms with Crippen LogP contribution in [-0.2, 0) is 6.42 Å². The molecular weight excluding hydrogens is 246 g/mol. The van der Waals surface area contributed by atoms with Crippen LogP contribution in [0, 0.1) is 5.92 Å². The van der Waals surface area contributed by atoms with Gasteiger partial charge in [-0.25, -0.2) is 4.98 Å². The molecule has 1 heterocycles. The molecular formula is C17H29N3. The van der Waals surface area contributed by atoms with E-state index in [-0.39, 0.29) is 0 Å². The number of likely N-dealkylation sites (N-methyl/N-ethyl adjacent to an activating group) is 1. The van der Waals surface area contributed by atoms with Gasteiger partial charge in [0.05, 0.1) is 0 Å². The highest BCUT2D eigenvalue weighted by Crippen LogP contribution is 2.26. The summed E-state index contributed by atoms with van der Waals surface area (Å²) >= 11 is 0. The molecule has 1 atom stereocenters. The van der Waals surface area contributed by atoms with Crippen molar-refractivity contribution in [2.45, 2.75) is 64.3 Å². The van der Waals surface area contributed by atoms with Gasteiger partial charge >= 0.3 is 0 Å². The largest absolute Gasteiger partial charge is 0.384 e. The Bertz CT molecular complexity index is 384. The summed E-state index contributed by atoms with van der Waals surface area (Å²) in [5.74, 6) is 1.44. The van der Waals surface area contributed by atoms with Crippen molar-refractivity contribution in [1.82, 2.24) is 10.3 Å². The van der Waals surface area contributed by atoms with Crippen LogP contribution in [0.5, 0.6) is 0 Å². The molecule has 2 rings (SSSR count). The van der Waals surface area contributed by atoms with Gasteiger partial charge in [-0.1, -0.05) is 39.0 Å². The van der Waals surface area contributed by atoms with Gasteiger partial charge in [-0.05, 0) is 49.4 Å². The van der Waals surface area contributed by atoms with Gasteiger partial charge in [0.2, 0.25) is 0 Å². The molecule has 0 radical (unpaired) electrons. The molecule has 1 aromatic heterocycles. The lowest BCUT2D eigenvalue weighted by atomic mass is 9.83. The Hall–Kier alpha value is -1.09. The average molecular weight is 275 g/mol. The van der Waals surface area contributed by atoms with E-state index in [0.29, 0.717) is 11.9 Å². The van der Waals surface area contributed by atoms with Gasteiger partial charge in [-0.3, -0.25) is 0 Å². The topological polar surface area (TPSA) is 50.9 Å². The van der Waals surface area contributed by atoms with Gasteiger partial charge in [0, 0.05) is 12.2 Å². The molecule has 0 amide bonds. The smallest absolute Gasteiger partial charge is 0.123 e. The lowest BCUT2D eigenvalue weighted by molar-refractivity contribution is 0.286. The number of nitrogens with zero attached hydrogens (tertiary/aromatic N) is 1. The summed E-state index contributed by atoms with van der Waals surface area (Å²) in [6.45, 7) is 3.25. The number of rotatable bonds is 5. The first-order valence-corrected chi connectivity index (χ1v) is 8.23. The van der Waals surface area contributed by atoms with Crippen molar-refractivity contribution in [3.8, 4) is 0 Å². The highest BCUT2D eigenvalue weighted by Gasteiger charge is 2.21. The molecule has 20 heavy (non-hydrogen) atoms. The molecule has 0 saturated heterocycles. The van der Waals surface area contributed by atoms with Crippen molar-refractivity contribution in [2.75, 3.05) is 12.3 Å². The summed E-state index contributed by atoms with van der Waals surface area (Å²) in [5, 5.41) is 3.71. The Morgan fingerprint density at radius 1 is 1.25 bits per heavy atom. The van der Waals surface area contributed by atoms with Crippen LogP contribution < -0.4 is 11.1 Å². The van der Waals surface area contributed by atoms with Crippen LogP contribution in [0.25, 0.3) is 0 Å². The van der Waals surface area contributed by atoms with Gasteiger partial charge in [0.25, 0.3) is 0 Å². The third-order valence-electron chi connectivity index (χ3n) is 4.49. The quantitative estimate of drug-likeness (QED) is 0.864. The molecule has 3 N–H and O–H groups in total. The first kappa shape index (κ1) is 15.3. The molecule has 0 spiro atoms. The third-order valence-corrected chi connectivity index (χ3v) is 4.49. The lowest BCUT2D eigenvalue weighted by Gasteiger charge is -2.29. The maximum absolute atomic E-state index is 5.80. The van der Waals surface area contributed by atoms with E-state index in [4.69, 9.17) is 5.73 Å². The number of hydrogen-bond acceptors (Lipinski definition) is 3. The van der Waals surface area contributed by atoms with Gasteiger partial charge in [-0.15, -0.1) is 0 Å². The van der Waals surface area contributed by atoms with E-state index >= 15 is 0 Å². The summed E-state index contributed by atoms with van der Waals surface area (Å²) in [6, 6.07) is 4.71. The molecule has 1 aromatic rings. The van der Waals surface area contributed by atoms with E-state index in [9.17, 15) is 0 Å². The summed E-state index contributed by atoms with van der Waals surface area (Å²) < 4.78 is 0. The Labute approximate surface area is 123 Å². The fourth-order valence-electron chi connectivity index (χ4n) is 3.43. The number of anilines is 1. The number of nitrogen functional groups attached to an aromatic ring is 1. The van der Waals surface area contributed by atoms with E-state index in [2.05, 4.69) is 23.3 Å². The van der Waals surface area contributed by atoms with Crippen LogP contribution in [0.2, 0.25) is 0 Å². The van der Waals surface area contributed by atoms with Crippen molar-refractivity contribution in [3.63, 3.8) is 0 Å². The van der Waals surface area contributed by atoms with Crippen molar-refractivity contribution in [1.29, 1.82) is 0 Å². The molecule has 3 nitrogen and oxygen atoms in total. The zero-order valence-electron chi connectivity index (χ0n) is 12.8. The Kier molecular flexibility index (Phi) is 6.31. The molecule has 1 fully saturated rings. The van der Waals surface area contributed by atoms with Crippen LogP contribution in [0.15, 0.2) is 18.3 Å².